The Labute approximate surface area is 162 Å². The summed E-state index contributed by atoms with van der Waals surface area (Å²) in [6.45, 7) is -1.21. The molecule has 0 aromatic heterocycles. The largest absolute Gasteiger partial charge is 0.345 e. The van der Waals surface area contributed by atoms with Crippen molar-refractivity contribution in [3.05, 3.63) is 47.0 Å². The molecule has 6 nitrogen and oxygen atoms in total. The van der Waals surface area contributed by atoms with Gasteiger partial charge in [0.1, 0.15) is 17.7 Å². The molecule has 0 spiro atoms. The topological polar surface area (TPSA) is 55.9 Å². The molecule has 0 aliphatic carbocycles. The number of halogens is 5. The van der Waals surface area contributed by atoms with E-state index in [4.69, 9.17) is 0 Å². The number of urea groups is 1. The number of hydrogen-bond donors (Lipinski definition) is 1. The Morgan fingerprint density at radius 1 is 1.17 bits per heavy atom. The van der Waals surface area contributed by atoms with Crippen molar-refractivity contribution in [3.8, 4) is 0 Å². The zero-order valence-electron chi connectivity index (χ0n) is 15.1. The van der Waals surface area contributed by atoms with Crippen LogP contribution in [0.2, 0.25) is 0 Å². The van der Waals surface area contributed by atoms with Crippen molar-refractivity contribution in [1.82, 2.24) is 20.2 Å². The maximum absolute atomic E-state index is 13.9. The molecule has 0 bridgehead atoms. The first-order valence-corrected chi connectivity index (χ1v) is 9.04. The SMILES string of the molecule is O=C(C1CCC=C2NN(Cc3cc(F)c(F)cc3F)C(=O)N21)N1CCC(F)(F)C1. The number of nitrogens with one attached hydrogen (secondary N) is 1. The molecular formula is C18H17F5N4O2. The normalized spacial score (nSPS) is 23.2. The fourth-order valence-corrected chi connectivity index (χ4v) is 3.76. The zero-order valence-corrected chi connectivity index (χ0v) is 15.1. The quantitative estimate of drug-likeness (QED) is 0.609. The summed E-state index contributed by atoms with van der Waals surface area (Å²) in [5, 5.41) is 0.964. The molecule has 1 atom stereocenters. The highest BCUT2D eigenvalue weighted by Gasteiger charge is 2.47. The van der Waals surface area contributed by atoms with Gasteiger partial charge in [0.25, 0.3) is 5.92 Å². The van der Waals surface area contributed by atoms with Crippen molar-refractivity contribution in [2.45, 2.75) is 37.8 Å². The number of allylic oxidation sites excluding steroid dienone is 1. The molecule has 11 heteroatoms. The summed E-state index contributed by atoms with van der Waals surface area (Å²) in [6.07, 6.45) is 1.91. The Kier molecular flexibility index (Phi) is 4.62. The second-order valence-electron chi connectivity index (χ2n) is 7.26. The third-order valence-electron chi connectivity index (χ3n) is 5.22. The molecule has 0 saturated carbocycles. The molecule has 29 heavy (non-hydrogen) atoms. The van der Waals surface area contributed by atoms with Crippen LogP contribution in [0.3, 0.4) is 0 Å². The number of hydrogen-bond acceptors (Lipinski definition) is 3. The minimum atomic E-state index is -2.95. The Balaban J connectivity index is 1.53. The van der Waals surface area contributed by atoms with Gasteiger partial charge in [0.15, 0.2) is 11.6 Å². The van der Waals surface area contributed by atoms with Crippen LogP contribution < -0.4 is 5.43 Å². The summed E-state index contributed by atoms with van der Waals surface area (Å²) < 4.78 is 67.4. The van der Waals surface area contributed by atoms with E-state index < -0.39 is 60.9 Å². The van der Waals surface area contributed by atoms with E-state index in [2.05, 4.69) is 5.43 Å². The first-order chi connectivity index (χ1) is 13.7. The zero-order chi connectivity index (χ0) is 20.9. The molecule has 1 aromatic carbocycles. The number of amides is 3. The molecule has 3 amide bonds. The number of rotatable bonds is 3. The van der Waals surface area contributed by atoms with E-state index in [1.165, 1.54) is 0 Å². The van der Waals surface area contributed by atoms with Gasteiger partial charge in [-0.05, 0) is 25.0 Å². The van der Waals surface area contributed by atoms with Crippen LogP contribution in [-0.4, -0.2) is 51.8 Å². The Morgan fingerprint density at radius 2 is 1.90 bits per heavy atom. The molecule has 4 rings (SSSR count). The van der Waals surface area contributed by atoms with Crippen molar-refractivity contribution in [3.63, 3.8) is 0 Å². The van der Waals surface area contributed by atoms with Crippen molar-refractivity contribution < 1.29 is 31.5 Å². The monoisotopic (exact) mass is 416 g/mol. The van der Waals surface area contributed by atoms with Gasteiger partial charge in [0.2, 0.25) is 5.91 Å². The van der Waals surface area contributed by atoms with Gasteiger partial charge in [-0.2, -0.15) is 0 Å². The van der Waals surface area contributed by atoms with Crippen LogP contribution in [0.25, 0.3) is 0 Å². The third kappa shape index (κ3) is 3.49. The van der Waals surface area contributed by atoms with E-state index in [0.29, 0.717) is 18.6 Å². The number of carbonyl (C=O) groups excluding carboxylic acids is 2. The molecule has 3 heterocycles. The van der Waals surface area contributed by atoms with Crippen LogP contribution in [0, 0.1) is 17.5 Å². The van der Waals surface area contributed by atoms with Crippen LogP contribution in [-0.2, 0) is 11.3 Å². The number of hydrazine groups is 1. The molecule has 1 unspecified atom stereocenters. The second-order valence-corrected chi connectivity index (χ2v) is 7.26. The molecular weight excluding hydrogens is 399 g/mol. The van der Waals surface area contributed by atoms with E-state index in [9.17, 15) is 31.5 Å². The molecule has 3 aliphatic rings. The second kappa shape index (κ2) is 6.89. The third-order valence-corrected chi connectivity index (χ3v) is 5.22. The molecule has 1 N–H and O–H groups in total. The van der Waals surface area contributed by atoms with Crippen LogP contribution >= 0.6 is 0 Å². The maximum atomic E-state index is 13.9. The van der Waals surface area contributed by atoms with Gasteiger partial charge in [0, 0.05) is 24.6 Å². The van der Waals surface area contributed by atoms with Gasteiger partial charge in [-0.15, -0.1) is 0 Å². The van der Waals surface area contributed by atoms with Crippen molar-refractivity contribution in [1.29, 1.82) is 0 Å². The molecule has 2 saturated heterocycles. The Morgan fingerprint density at radius 3 is 2.59 bits per heavy atom. The van der Waals surface area contributed by atoms with Gasteiger partial charge < -0.3 is 4.90 Å². The van der Waals surface area contributed by atoms with Gasteiger partial charge in [-0.1, -0.05) is 0 Å². The predicted molar refractivity (Wildman–Crippen MR) is 89.5 cm³/mol. The molecule has 1 aromatic rings. The van der Waals surface area contributed by atoms with Crippen LogP contribution in [0.1, 0.15) is 24.8 Å². The highest BCUT2D eigenvalue weighted by atomic mass is 19.3. The number of carbonyl (C=O) groups is 2. The summed E-state index contributed by atoms with van der Waals surface area (Å²) in [7, 11) is 0. The number of nitrogens with zero attached hydrogens (tertiary/aromatic N) is 3. The van der Waals surface area contributed by atoms with Crippen LogP contribution in [0.5, 0.6) is 0 Å². The molecule has 156 valence electrons. The molecule has 0 radical (unpaired) electrons. The first-order valence-electron chi connectivity index (χ1n) is 9.04. The minimum Gasteiger partial charge on any atom is -0.335 e. The highest BCUT2D eigenvalue weighted by Crippen LogP contribution is 2.32. The van der Waals surface area contributed by atoms with Gasteiger partial charge in [-0.25, -0.2) is 31.8 Å². The van der Waals surface area contributed by atoms with Crippen molar-refractivity contribution in [2.75, 3.05) is 13.1 Å². The number of benzene rings is 1. The lowest BCUT2D eigenvalue weighted by molar-refractivity contribution is -0.136. The highest BCUT2D eigenvalue weighted by molar-refractivity contribution is 5.89. The number of alkyl halides is 2. The lowest BCUT2D eigenvalue weighted by atomic mass is 10.0. The van der Waals surface area contributed by atoms with Gasteiger partial charge in [-0.3, -0.25) is 15.1 Å². The van der Waals surface area contributed by atoms with E-state index >= 15 is 0 Å². The van der Waals surface area contributed by atoms with E-state index in [1.807, 2.05) is 0 Å². The van der Waals surface area contributed by atoms with Crippen LogP contribution in [0.15, 0.2) is 24.0 Å². The lowest BCUT2D eigenvalue weighted by Crippen LogP contribution is -2.50. The first kappa shape index (κ1) is 19.5. The van der Waals surface area contributed by atoms with E-state index in [-0.39, 0.29) is 24.4 Å². The van der Waals surface area contributed by atoms with E-state index in [1.54, 1.807) is 6.08 Å². The summed E-state index contributed by atoms with van der Waals surface area (Å²) in [5.41, 5.74) is 2.46. The summed E-state index contributed by atoms with van der Waals surface area (Å²) in [4.78, 5) is 27.7. The summed E-state index contributed by atoms with van der Waals surface area (Å²) in [5.74, 6) is -6.89. The van der Waals surface area contributed by atoms with E-state index in [0.717, 1.165) is 14.8 Å². The predicted octanol–water partition coefficient (Wildman–Crippen LogP) is 2.72. The van der Waals surface area contributed by atoms with Crippen molar-refractivity contribution >= 4 is 11.9 Å². The maximum Gasteiger partial charge on any atom is 0.345 e. The number of likely N-dealkylation sites (tertiary alicyclic amines) is 1. The fraction of sp³-hybridized carbons (Fsp3) is 0.444. The van der Waals surface area contributed by atoms with Crippen LogP contribution in [0.4, 0.5) is 26.7 Å². The Bertz CT molecular complexity index is 906. The average molecular weight is 416 g/mol. The number of fused-ring (bicyclic) bond motifs is 1. The smallest absolute Gasteiger partial charge is 0.335 e. The van der Waals surface area contributed by atoms with Gasteiger partial charge in [0.05, 0.1) is 13.1 Å². The van der Waals surface area contributed by atoms with Gasteiger partial charge >= 0.3 is 6.03 Å². The molecule has 2 fully saturated rings. The average Bonchev–Trinajstić information content (AvgIpc) is 3.18. The summed E-state index contributed by atoms with van der Waals surface area (Å²) >= 11 is 0. The molecule has 3 aliphatic heterocycles. The lowest BCUT2D eigenvalue weighted by Gasteiger charge is -2.32. The Hall–Kier alpha value is -2.85. The van der Waals surface area contributed by atoms with Crippen molar-refractivity contribution in [2.24, 2.45) is 0 Å². The fourth-order valence-electron chi connectivity index (χ4n) is 3.76. The standard InChI is InChI=1S/C18H17F5N4O2/c19-11-7-13(21)12(20)6-10(11)8-26-17(29)27-14(2-1-3-15(27)24-26)16(28)25-5-4-18(22,23)9-25/h3,6-7,14,24H,1-2,4-5,8-9H2. The minimum absolute atomic E-state index is 0.0966. The summed E-state index contributed by atoms with van der Waals surface area (Å²) in [6, 6.07) is -0.633.